The maximum atomic E-state index is 3.27. The second kappa shape index (κ2) is 5.55. The van der Waals surface area contributed by atoms with Gasteiger partial charge in [-0.1, -0.05) is 55.5 Å². The molecular formula is C17H18. The number of allylic oxidation sites excluding steroid dienone is 4. The highest BCUT2D eigenvalue weighted by atomic mass is 14.1. The fourth-order valence-electron chi connectivity index (χ4n) is 2.10. The van der Waals surface area contributed by atoms with Crippen molar-refractivity contribution in [3.05, 3.63) is 59.2 Å². The van der Waals surface area contributed by atoms with E-state index in [0.717, 1.165) is 12.0 Å². The van der Waals surface area contributed by atoms with Crippen molar-refractivity contribution in [3.8, 4) is 11.8 Å². The van der Waals surface area contributed by atoms with Crippen LogP contribution in [0.3, 0.4) is 0 Å². The van der Waals surface area contributed by atoms with E-state index in [9.17, 15) is 0 Å². The highest BCUT2D eigenvalue weighted by Crippen LogP contribution is 2.23. The largest absolute Gasteiger partial charge is 0.0687 e. The van der Waals surface area contributed by atoms with Crippen LogP contribution in [0.2, 0.25) is 0 Å². The smallest absolute Gasteiger partial charge is 0.0249 e. The number of benzene rings is 1. The van der Waals surface area contributed by atoms with Crippen LogP contribution in [-0.4, -0.2) is 0 Å². The van der Waals surface area contributed by atoms with Crippen LogP contribution in [0.4, 0.5) is 0 Å². The lowest BCUT2D eigenvalue weighted by Gasteiger charge is -2.15. The molecule has 0 nitrogen and oxygen atoms in total. The third kappa shape index (κ3) is 3.36. The van der Waals surface area contributed by atoms with Gasteiger partial charge in [-0.2, -0.15) is 0 Å². The average molecular weight is 222 g/mol. The molecule has 0 aliphatic heterocycles. The van der Waals surface area contributed by atoms with Crippen molar-refractivity contribution >= 4 is 0 Å². The van der Waals surface area contributed by atoms with Crippen molar-refractivity contribution in [3.63, 3.8) is 0 Å². The molecule has 0 spiro atoms. The van der Waals surface area contributed by atoms with Gasteiger partial charge in [0.25, 0.3) is 0 Å². The van der Waals surface area contributed by atoms with E-state index < -0.39 is 0 Å². The molecule has 1 atom stereocenters. The van der Waals surface area contributed by atoms with Crippen molar-refractivity contribution in [1.29, 1.82) is 0 Å². The van der Waals surface area contributed by atoms with Crippen LogP contribution in [0.25, 0.3) is 0 Å². The lowest BCUT2D eigenvalue weighted by Crippen LogP contribution is -2.00. The molecule has 86 valence electrons. The van der Waals surface area contributed by atoms with Gasteiger partial charge in [-0.25, -0.2) is 0 Å². The number of hydrogen-bond donors (Lipinski definition) is 0. The van der Waals surface area contributed by atoms with E-state index in [2.05, 4.69) is 37.8 Å². The highest BCUT2D eigenvalue weighted by molar-refractivity contribution is 5.47. The van der Waals surface area contributed by atoms with Crippen molar-refractivity contribution in [2.24, 2.45) is 5.92 Å². The molecule has 1 aromatic carbocycles. The van der Waals surface area contributed by atoms with E-state index >= 15 is 0 Å². The molecule has 0 N–H and O–H groups in total. The SMILES string of the molecule is CCC1=CC(C#Cc2ccccc2)=CC(C)C1. The monoisotopic (exact) mass is 222 g/mol. The summed E-state index contributed by atoms with van der Waals surface area (Å²) in [4.78, 5) is 0. The topological polar surface area (TPSA) is 0 Å². The Morgan fingerprint density at radius 3 is 2.65 bits per heavy atom. The Hall–Kier alpha value is -1.74. The third-order valence-electron chi connectivity index (χ3n) is 2.99. The molecule has 1 aromatic rings. The first-order chi connectivity index (χ1) is 8.28. The third-order valence-corrected chi connectivity index (χ3v) is 2.99. The molecule has 1 aliphatic carbocycles. The molecule has 0 radical (unpaired) electrons. The maximum absolute atomic E-state index is 3.27. The lowest BCUT2D eigenvalue weighted by atomic mass is 9.90. The van der Waals surface area contributed by atoms with Gasteiger partial charge in [-0.05, 0) is 37.0 Å². The van der Waals surface area contributed by atoms with Gasteiger partial charge in [0.15, 0.2) is 0 Å². The Morgan fingerprint density at radius 1 is 1.18 bits per heavy atom. The molecule has 0 saturated carbocycles. The summed E-state index contributed by atoms with van der Waals surface area (Å²) in [5.41, 5.74) is 3.76. The number of hydrogen-bond acceptors (Lipinski definition) is 0. The van der Waals surface area contributed by atoms with Crippen molar-refractivity contribution in [2.45, 2.75) is 26.7 Å². The van der Waals surface area contributed by atoms with E-state index in [1.807, 2.05) is 30.3 Å². The van der Waals surface area contributed by atoms with E-state index in [4.69, 9.17) is 0 Å². The average Bonchev–Trinajstić information content (AvgIpc) is 2.37. The van der Waals surface area contributed by atoms with Gasteiger partial charge < -0.3 is 0 Å². The van der Waals surface area contributed by atoms with E-state index in [1.54, 1.807) is 0 Å². The lowest BCUT2D eigenvalue weighted by molar-refractivity contribution is 0.685. The van der Waals surface area contributed by atoms with Crippen molar-refractivity contribution in [1.82, 2.24) is 0 Å². The zero-order valence-corrected chi connectivity index (χ0v) is 10.5. The summed E-state index contributed by atoms with van der Waals surface area (Å²) in [6.45, 7) is 4.47. The molecule has 0 aromatic heterocycles. The Labute approximate surface area is 104 Å². The molecule has 1 aliphatic rings. The predicted octanol–water partition coefficient (Wildman–Crippen LogP) is 4.34. The maximum Gasteiger partial charge on any atom is 0.0249 e. The first-order valence-electron chi connectivity index (χ1n) is 6.26. The summed E-state index contributed by atoms with van der Waals surface area (Å²) in [5, 5.41) is 0. The van der Waals surface area contributed by atoms with Crippen LogP contribution in [0.15, 0.2) is 53.6 Å². The first kappa shape index (κ1) is 11.7. The zero-order chi connectivity index (χ0) is 12.1. The van der Waals surface area contributed by atoms with Crippen LogP contribution in [0.1, 0.15) is 32.3 Å². The summed E-state index contributed by atoms with van der Waals surface area (Å²) in [5.74, 6) is 7.10. The second-order valence-corrected chi connectivity index (χ2v) is 4.58. The molecule has 0 heterocycles. The van der Waals surface area contributed by atoms with E-state index in [-0.39, 0.29) is 0 Å². The van der Waals surface area contributed by atoms with Gasteiger partial charge in [0.1, 0.15) is 0 Å². The molecule has 2 rings (SSSR count). The Kier molecular flexibility index (Phi) is 3.83. The van der Waals surface area contributed by atoms with Gasteiger partial charge in [0, 0.05) is 11.1 Å². The summed E-state index contributed by atoms with van der Waals surface area (Å²) >= 11 is 0. The second-order valence-electron chi connectivity index (χ2n) is 4.58. The van der Waals surface area contributed by atoms with E-state index in [0.29, 0.717) is 5.92 Å². The van der Waals surface area contributed by atoms with Gasteiger partial charge in [-0.15, -0.1) is 0 Å². The summed E-state index contributed by atoms with van der Waals surface area (Å²) < 4.78 is 0. The molecular weight excluding hydrogens is 204 g/mol. The molecule has 0 heteroatoms. The van der Waals surface area contributed by atoms with Gasteiger partial charge in [0.05, 0.1) is 0 Å². The van der Waals surface area contributed by atoms with Crippen LogP contribution in [0.5, 0.6) is 0 Å². The van der Waals surface area contributed by atoms with Crippen LogP contribution >= 0.6 is 0 Å². The molecule has 17 heavy (non-hydrogen) atoms. The first-order valence-corrected chi connectivity index (χ1v) is 6.26. The molecule has 1 unspecified atom stereocenters. The zero-order valence-electron chi connectivity index (χ0n) is 10.5. The van der Waals surface area contributed by atoms with Crippen LogP contribution < -0.4 is 0 Å². The normalized spacial score (nSPS) is 18.8. The predicted molar refractivity (Wildman–Crippen MR) is 73.6 cm³/mol. The minimum absolute atomic E-state index is 0.620. The summed E-state index contributed by atoms with van der Waals surface area (Å²) in [7, 11) is 0. The Morgan fingerprint density at radius 2 is 1.94 bits per heavy atom. The fraction of sp³-hybridized carbons (Fsp3) is 0.294. The standard InChI is InChI=1S/C17H18/c1-3-15-11-14(2)12-17(13-15)10-9-16-7-5-4-6-8-16/h4-8,12-14H,3,11H2,1-2H3. The molecule has 0 amide bonds. The number of rotatable bonds is 1. The summed E-state index contributed by atoms with van der Waals surface area (Å²) in [6.07, 6.45) is 6.84. The molecule has 0 fully saturated rings. The fourth-order valence-corrected chi connectivity index (χ4v) is 2.10. The van der Waals surface area contributed by atoms with Crippen molar-refractivity contribution in [2.75, 3.05) is 0 Å². The van der Waals surface area contributed by atoms with Gasteiger partial charge >= 0.3 is 0 Å². The highest BCUT2D eigenvalue weighted by Gasteiger charge is 2.08. The summed E-state index contributed by atoms with van der Waals surface area (Å²) in [6, 6.07) is 10.2. The van der Waals surface area contributed by atoms with Crippen LogP contribution in [-0.2, 0) is 0 Å². The van der Waals surface area contributed by atoms with Gasteiger partial charge in [-0.3, -0.25) is 0 Å². The van der Waals surface area contributed by atoms with Crippen LogP contribution in [0, 0.1) is 17.8 Å². The minimum Gasteiger partial charge on any atom is -0.0687 e. The minimum atomic E-state index is 0.620. The molecule has 0 bridgehead atoms. The molecule has 0 saturated heterocycles. The Balaban J connectivity index is 2.19. The van der Waals surface area contributed by atoms with E-state index in [1.165, 1.54) is 17.6 Å². The van der Waals surface area contributed by atoms with Gasteiger partial charge in [0.2, 0.25) is 0 Å². The Bertz CT molecular complexity index is 492. The quantitative estimate of drug-likeness (QED) is 0.620. The van der Waals surface area contributed by atoms with Crippen molar-refractivity contribution < 1.29 is 0 Å².